The fraction of sp³-hybridized carbons (Fsp3) is 0.857. The van der Waals surface area contributed by atoms with Gasteiger partial charge in [-0.3, -0.25) is 0 Å². The summed E-state index contributed by atoms with van der Waals surface area (Å²) in [5.74, 6) is -2.21. The molecule has 0 spiro atoms. The summed E-state index contributed by atoms with van der Waals surface area (Å²) in [7, 11) is 0. The van der Waals surface area contributed by atoms with Crippen molar-refractivity contribution in [3.05, 3.63) is 0 Å². The van der Waals surface area contributed by atoms with Crippen molar-refractivity contribution in [3.8, 4) is 0 Å². The number of carboxylic acid groups (broad SMARTS) is 2. The molecule has 4 nitrogen and oxygen atoms in total. The average Bonchev–Trinajstić information content (AvgIpc) is 2.41. The number of alkyl halides is 2. The monoisotopic (exact) mass is 524 g/mol. The van der Waals surface area contributed by atoms with E-state index in [1.807, 2.05) is 0 Å². The molecule has 0 aliphatic heterocycles. The topological polar surface area (TPSA) is 80.3 Å². The Labute approximate surface area is 156 Å². The smallest absolute Gasteiger partial charge is 0.548 e. The van der Waals surface area contributed by atoms with E-state index in [0.717, 1.165) is 38.5 Å². The Morgan fingerprint density at radius 1 is 0.667 bits per heavy atom. The van der Waals surface area contributed by atoms with Gasteiger partial charge in [-0.1, -0.05) is 38.5 Å². The second kappa shape index (κ2) is 9.56. The molecule has 0 aromatic heterocycles. The molecule has 2 aliphatic carbocycles. The molecule has 2 aliphatic rings. The van der Waals surface area contributed by atoms with E-state index in [1.165, 1.54) is 0 Å². The van der Waals surface area contributed by atoms with Crippen LogP contribution in [0.15, 0.2) is 0 Å². The van der Waals surface area contributed by atoms with Crippen molar-refractivity contribution in [1.82, 2.24) is 0 Å². The molecule has 21 heavy (non-hydrogen) atoms. The molecule has 0 unspecified atom stereocenters. The van der Waals surface area contributed by atoms with Crippen LogP contribution >= 0.6 is 23.2 Å². The van der Waals surface area contributed by atoms with E-state index in [0.29, 0.717) is 25.7 Å². The zero-order valence-corrected chi connectivity index (χ0v) is 19.2. The molecular formula is C14H20Cl2HgO4. The number of carbonyl (C=O) groups is 2. The first-order valence-corrected chi connectivity index (χ1v) is 7.86. The van der Waals surface area contributed by atoms with Crippen LogP contribution in [0.1, 0.15) is 64.2 Å². The fourth-order valence-electron chi connectivity index (χ4n) is 2.63. The first-order valence-electron chi connectivity index (χ1n) is 7.11. The fourth-order valence-corrected chi connectivity index (χ4v) is 3.17. The van der Waals surface area contributed by atoms with Gasteiger partial charge >= 0.3 is 27.7 Å². The second-order valence-corrected chi connectivity index (χ2v) is 7.07. The van der Waals surface area contributed by atoms with Gasteiger partial charge in [-0.15, -0.1) is 23.2 Å². The summed E-state index contributed by atoms with van der Waals surface area (Å²) in [4.78, 5) is 18.8. The van der Waals surface area contributed by atoms with Crippen LogP contribution in [0.2, 0.25) is 0 Å². The van der Waals surface area contributed by atoms with Gasteiger partial charge in [0.2, 0.25) is 0 Å². The zero-order valence-electron chi connectivity index (χ0n) is 12.2. The maximum Gasteiger partial charge on any atom is 2.00 e. The standard InChI is InChI=1S/2C7H11ClO2.Hg/c2*8-7(6(9)10)4-2-1-3-5-7;/h2*1-5H2,(H,9,10);/q;;+2/p-2. The van der Waals surface area contributed by atoms with Crippen LogP contribution in [0.5, 0.6) is 0 Å². The predicted molar refractivity (Wildman–Crippen MR) is 73.4 cm³/mol. The Balaban J connectivity index is 0.000000364. The largest absolute Gasteiger partial charge is 2.00 e. The van der Waals surface area contributed by atoms with Crippen LogP contribution in [0, 0.1) is 0 Å². The molecule has 0 aromatic rings. The van der Waals surface area contributed by atoms with Crippen LogP contribution in [0.3, 0.4) is 0 Å². The molecule has 0 aromatic carbocycles. The Morgan fingerprint density at radius 2 is 0.905 bits per heavy atom. The van der Waals surface area contributed by atoms with E-state index in [-0.39, 0.29) is 27.7 Å². The molecule has 0 bridgehead atoms. The third-order valence-corrected chi connectivity index (χ3v) is 5.09. The van der Waals surface area contributed by atoms with E-state index < -0.39 is 21.7 Å². The summed E-state index contributed by atoms with van der Waals surface area (Å²) in [5, 5.41) is 20.9. The van der Waals surface area contributed by atoms with Gasteiger partial charge in [0, 0.05) is 0 Å². The quantitative estimate of drug-likeness (QED) is 0.404. The third kappa shape index (κ3) is 6.61. The van der Waals surface area contributed by atoms with Crippen molar-refractivity contribution in [2.75, 3.05) is 0 Å². The minimum atomic E-state index is -1.10. The Bertz CT molecular complexity index is 317. The number of hydrogen-bond donors (Lipinski definition) is 0. The summed E-state index contributed by atoms with van der Waals surface area (Å²) >= 11 is 11.5. The molecule has 116 valence electrons. The van der Waals surface area contributed by atoms with Crippen molar-refractivity contribution in [1.29, 1.82) is 0 Å². The van der Waals surface area contributed by atoms with Crippen molar-refractivity contribution in [2.45, 2.75) is 74.0 Å². The molecule has 2 saturated carbocycles. The van der Waals surface area contributed by atoms with Crippen LogP contribution in [0.4, 0.5) is 0 Å². The molecule has 0 heterocycles. The number of carboxylic acids is 2. The van der Waals surface area contributed by atoms with E-state index in [9.17, 15) is 19.8 Å². The van der Waals surface area contributed by atoms with Gasteiger partial charge in [-0.05, 0) is 25.7 Å². The van der Waals surface area contributed by atoms with E-state index >= 15 is 0 Å². The maximum atomic E-state index is 10.4. The Hall–Kier alpha value is 0.455. The molecule has 2 fully saturated rings. The van der Waals surface area contributed by atoms with Crippen LogP contribution in [0.25, 0.3) is 0 Å². The van der Waals surface area contributed by atoms with Crippen molar-refractivity contribution in [2.24, 2.45) is 0 Å². The van der Waals surface area contributed by atoms with E-state index in [4.69, 9.17) is 23.2 Å². The SMILES string of the molecule is O=C([O-])C1(Cl)CCCCC1.O=C([O-])C1(Cl)CCCCC1.[Hg+2]. The molecule has 0 radical (unpaired) electrons. The summed E-state index contributed by atoms with van der Waals surface area (Å²) in [5.41, 5.74) is 0. The minimum absolute atomic E-state index is 0. The number of aliphatic carboxylic acids is 2. The summed E-state index contributed by atoms with van der Waals surface area (Å²) in [6, 6.07) is 0. The van der Waals surface area contributed by atoms with Gasteiger partial charge in [-0.25, -0.2) is 0 Å². The summed E-state index contributed by atoms with van der Waals surface area (Å²) < 4.78 is 0. The number of hydrogen-bond acceptors (Lipinski definition) is 4. The molecule has 0 amide bonds. The molecule has 0 atom stereocenters. The minimum Gasteiger partial charge on any atom is -0.548 e. The van der Waals surface area contributed by atoms with Gasteiger partial charge in [0.25, 0.3) is 0 Å². The van der Waals surface area contributed by atoms with E-state index in [1.54, 1.807) is 0 Å². The van der Waals surface area contributed by atoms with Gasteiger partial charge < -0.3 is 19.8 Å². The maximum absolute atomic E-state index is 10.4. The van der Waals surface area contributed by atoms with Crippen molar-refractivity contribution in [3.63, 3.8) is 0 Å². The Morgan fingerprint density at radius 3 is 1.05 bits per heavy atom. The summed E-state index contributed by atoms with van der Waals surface area (Å²) in [6.45, 7) is 0. The van der Waals surface area contributed by atoms with Gasteiger partial charge in [-0.2, -0.15) is 0 Å². The van der Waals surface area contributed by atoms with E-state index in [2.05, 4.69) is 0 Å². The first-order chi connectivity index (χ1) is 9.30. The number of carbonyl (C=O) groups excluding carboxylic acids is 2. The van der Waals surface area contributed by atoms with Gasteiger partial charge in [0.1, 0.15) is 0 Å². The molecule has 7 heteroatoms. The second-order valence-electron chi connectivity index (χ2n) is 5.63. The zero-order chi connectivity index (χ0) is 15.2. The number of rotatable bonds is 2. The van der Waals surface area contributed by atoms with Crippen LogP contribution in [-0.4, -0.2) is 21.7 Å². The van der Waals surface area contributed by atoms with Crippen LogP contribution in [-0.2, 0) is 37.3 Å². The van der Waals surface area contributed by atoms with Crippen LogP contribution < -0.4 is 10.2 Å². The predicted octanol–water partition coefficient (Wildman–Crippen LogP) is 1.35. The Kier molecular flexibility index (Phi) is 9.77. The molecular weight excluding hydrogens is 504 g/mol. The molecule has 0 N–H and O–H groups in total. The molecule has 2 rings (SSSR count). The van der Waals surface area contributed by atoms with Gasteiger partial charge in [0.05, 0.1) is 21.7 Å². The average molecular weight is 524 g/mol. The normalized spacial score (nSPS) is 23.0. The number of halogens is 2. The first kappa shape index (κ1) is 21.5. The summed E-state index contributed by atoms with van der Waals surface area (Å²) in [6.07, 6.45) is 8.12. The van der Waals surface area contributed by atoms with Crippen molar-refractivity contribution < 1.29 is 47.5 Å². The third-order valence-electron chi connectivity index (χ3n) is 4.02. The molecule has 0 saturated heterocycles. The van der Waals surface area contributed by atoms with Crippen molar-refractivity contribution >= 4 is 35.1 Å². The van der Waals surface area contributed by atoms with Gasteiger partial charge in [0.15, 0.2) is 0 Å².